The van der Waals surface area contributed by atoms with Gasteiger partial charge in [-0.05, 0) is 20.0 Å². The lowest BCUT2D eigenvalue weighted by molar-refractivity contribution is 0.245. The van der Waals surface area contributed by atoms with Crippen molar-refractivity contribution in [3.8, 4) is 0 Å². The molecule has 1 heterocycles. The van der Waals surface area contributed by atoms with E-state index in [0.717, 1.165) is 6.54 Å². The molecule has 1 rings (SSSR count). The van der Waals surface area contributed by atoms with Crippen LogP contribution in [-0.2, 0) is 0 Å². The maximum atomic E-state index is 3.35. The molecule has 0 aromatic heterocycles. The number of nitrogens with one attached hydrogen (secondary N) is 1. The minimum Gasteiger partial charge on any atom is -0.351 e. The van der Waals surface area contributed by atoms with Gasteiger partial charge in [-0.15, -0.1) is 0 Å². The molecule has 10 heavy (non-hydrogen) atoms. The normalized spacial score (nSPS) is 28.7. The maximum absolute atomic E-state index is 3.35. The smallest absolute Gasteiger partial charge is 0.0790 e. The van der Waals surface area contributed by atoms with Crippen LogP contribution in [0.2, 0.25) is 0 Å². The number of nitrogens with zero attached hydrogens (tertiary/aromatic N) is 1. The Morgan fingerprint density at radius 1 is 1.80 bits per heavy atom. The number of halogens is 1. The SMILES string of the molecule is CC(I)N1C=CCNC1C. The second kappa shape index (κ2) is 3.57. The zero-order valence-corrected chi connectivity index (χ0v) is 8.50. The third kappa shape index (κ3) is 1.85. The van der Waals surface area contributed by atoms with E-state index in [2.05, 4.69) is 58.9 Å². The third-order valence-corrected chi connectivity index (χ3v) is 2.31. The van der Waals surface area contributed by atoms with Gasteiger partial charge in [0.2, 0.25) is 0 Å². The Hall–Kier alpha value is 0.230. The van der Waals surface area contributed by atoms with E-state index in [-0.39, 0.29) is 0 Å². The van der Waals surface area contributed by atoms with Crippen molar-refractivity contribution in [2.45, 2.75) is 24.1 Å². The largest absolute Gasteiger partial charge is 0.351 e. The van der Waals surface area contributed by atoms with Gasteiger partial charge in [0, 0.05) is 6.54 Å². The van der Waals surface area contributed by atoms with Crippen LogP contribution in [0.5, 0.6) is 0 Å². The van der Waals surface area contributed by atoms with Crippen LogP contribution in [0.25, 0.3) is 0 Å². The Labute approximate surface area is 75.8 Å². The van der Waals surface area contributed by atoms with Crippen molar-refractivity contribution in [2.75, 3.05) is 6.54 Å². The fourth-order valence-corrected chi connectivity index (χ4v) is 1.74. The molecule has 0 fully saturated rings. The fourth-order valence-electron chi connectivity index (χ4n) is 1.07. The van der Waals surface area contributed by atoms with Gasteiger partial charge in [0.1, 0.15) is 0 Å². The molecule has 0 bridgehead atoms. The summed E-state index contributed by atoms with van der Waals surface area (Å²) in [6, 6.07) is 0. The van der Waals surface area contributed by atoms with E-state index in [4.69, 9.17) is 0 Å². The molecule has 58 valence electrons. The number of rotatable bonds is 1. The highest BCUT2D eigenvalue weighted by Gasteiger charge is 2.14. The monoisotopic (exact) mass is 252 g/mol. The summed E-state index contributed by atoms with van der Waals surface area (Å²) in [7, 11) is 0. The van der Waals surface area contributed by atoms with E-state index >= 15 is 0 Å². The van der Waals surface area contributed by atoms with Crippen molar-refractivity contribution in [1.29, 1.82) is 0 Å². The Morgan fingerprint density at radius 2 is 2.50 bits per heavy atom. The topological polar surface area (TPSA) is 15.3 Å². The van der Waals surface area contributed by atoms with E-state index in [1.165, 1.54) is 0 Å². The molecule has 2 nitrogen and oxygen atoms in total. The summed E-state index contributed by atoms with van der Waals surface area (Å²) in [6.45, 7) is 5.37. The Balaban J connectivity index is 2.55. The molecule has 1 N–H and O–H groups in total. The second-order valence-electron chi connectivity index (χ2n) is 2.49. The molecule has 0 saturated heterocycles. The lowest BCUT2D eigenvalue weighted by Crippen LogP contribution is -2.45. The van der Waals surface area contributed by atoms with Crippen LogP contribution in [0.3, 0.4) is 0 Å². The van der Waals surface area contributed by atoms with Crippen LogP contribution in [0.15, 0.2) is 12.3 Å². The highest BCUT2D eigenvalue weighted by Crippen LogP contribution is 2.12. The van der Waals surface area contributed by atoms with Crippen molar-refractivity contribution in [3.63, 3.8) is 0 Å². The minimum absolute atomic E-state index is 0.483. The first-order valence-electron chi connectivity index (χ1n) is 3.53. The molecule has 0 radical (unpaired) electrons. The predicted molar refractivity (Wildman–Crippen MR) is 51.9 cm³/mol. The van der Waals surface area contributed by atoms with Crippen LogP contribution >= 0.6 is 22.6 Å². The first-order chi connectivity index (χ1) is 4.72. The van der Waals surface area contributed by atoms with Crippen molar-refractivity contribution in [1.82, 2.24) is 10.2 Å². The third-order valence-electron chi connectivity index (χ3n) is 1.67. The van der Waals surface area contributed by atoms with E-state index in [0.29, 0.717) is 10.2 Å². The van der Waals surface area contributed by atoms with Crippen molar-refractivity contribution in [3.05, 3.63) is 12.3 Å². The first-order valence-corrected chi connectivity index (χ1v) is 4.78. The van der Waals surface area contributed by atoms with Crippen molar-refractivity contribution >= 4 is 22.6 Å². The molecule has 0 amide bonds. The molecular formula is C7H13IN2. The first kappa shape index (κ1) is 8.33. The predicted octanol–water partition coefficient (Wildman–Crippen LogP) is 1.53. The zero-order chi connectivity index (χ0) is 7.56. The molecule has 0 saturated carbocycles. The molecule has 0 aliphatic carbocycles. The summed E-state index contributed by atoms with van der Waals surface area (Å²) in [4.78, 5) is 2.30. The van der Waals surface area contributed by atoms with Gasteiger partial charge in [-0.2, -0.15) is 0 Å². The number of hydrogen-bond donors (Lipinski definition) is 1. The quantitative estimate of drug-likeness (QED) is 0.432. The van der Waals surface area contributed by atoms with Gasteiger partial charge in [0.05, 0.1) is 10.2 Å². The fraction of sp³-hybridized carbons (Fsp3) is 0.714. The minimum atomic E-state index is 0.483. The zero-order valence-electron chi connectivity index (χ0n) is 6.34. The Bertz CT molecular complexity index is 134. The molecule has 0 aromatic rings. The van der Waals surface area contributed by atoms with Crippen LogP contribution in [0.1, 0.15) is 13.8 Å². The summed E-state index contributed by atoms with van der Waals surface area (Å²) in [5.41, 5.74) is 0. The molecular weight excluding hydrogens is 239 g/mol. The average molecular weight is 252 g/mol. The summed E-state index contributed by atoms with van der Waals surface area (Å²) in [6.07, 6.45) is 4.80. The lowest BCUT2D eigenvalue weighted by Gasteiger charge is -2.33. The standard InChI is InChI=1S/C7H13IN2/c1-6(8)10-5-3-4-9-7(10)2/h3,5-7,9H,4H2,1-2H3. The lowest BCUT2D eigenvalue weighted by atomic mass is 10.3. The van der Waals surface area contributed by atoms with Crippen molar-refractivity contribution in [2.24, 2.45) is 0 Å². The van der Waals surface area contributed by atoms with Gasteiger partial charge in [0.15, 0.2) is 0 Å². The van der Waals surface area contributed by atoms with Crippen LogP contribution in [0.4, 0.5) is 0 Å². The number of hydrogen-bond acceptors (Lipinski definition) is 2. The number of alkyl halides is 1. The average Bonchev–Trinajstić information content (AvgIpc) is 1.88. The molecule has 1 aliphatic rings. The highest BCUT2D eigenvalue weighted by atomic mass is 127. The van der Waals surface area contributed by atoms with E-state index in [1.807, 2.05) is 0 Å². The molecule has 3 heteroatoms. The molecule has 0 aromatic carbocycles. The van der Waals surface area contributed by atoms with Crippen LogP contribution in [0, 0.1) is 0 Å². The van der Waals surface area contributed by atoms with Gasteiger partial charge in [0.25, 0.3) is 0 Å². The summed E-state index contributed by atoms with van der Waals surface area (Å²) >= 11 is 2.41. The maximum Gasteiger partial charge on any atom is 0.0790 e. The highest BCUT2D eigenvalue weighted by molar-refractivity contribution is 14.1. The van der Waals surface area contributed by atoms with Crippen molar-refractivity contribution < 1.29 is 0 Å². The van der Waals surface area contributed by atoms with Gasteiger partial charge < -0.3 is 4.90 Å². The van der Waals surface area contributed by atoms with Gasteiger partial charge in [-0.1, -0.05) is 28.7 Å². The van der Waals surface area contributed by atoms with Gasteiger partial charge in [-0.25, -0.2) is 0 Å². The van der Waals surface area contributed by atoms with Gasteiger partial charge in [-0.3, -0.25) is 5.32 Å². The molecule has 1 aliphatic heterocycles. The molecule has 2 unspecified atom stereocenters. The Morgan fingerprint density at radius 3 is 2.90 bits per heavy atom. The van der Waals surface area contributed by atoms with E-state index in [1.54, 1.807) is 0 Å². The summed E-state index contributed by atoms with van der Waals surface area (Å²) < 4.78 is 0.566. The van der Waals surface area contributed by atoms with E-state index in [9.17, 15) is 0 Å². The molecule has 0 spiro atoms. The second-order valence-corrected chi connectivity index (χ2v) is 4.29. The summed E-state index contributed by atoms with van der Waals surface area (Å²) in [5.74, 6) is 0. The molecule has 2 atom stereocenters. The van der Waals surface area contributed by atoms with Crippen LogP contribution < -0.4 is 5.32 Å². The van der Waals surface area contributed by atoms with Crippen LogP contribution in [-0.4, -0.2) is 21.7 Å². The summed E-state index contributed by atoms with van der Waals surface area (Å²) in [5, 5.41) is 3.35. The van der Waals surface area contributed by atoms with Gasteiger partial charge >= 0.3 is 0 Å². The van der Waals surface area contributed by atoms with E-state index < -0.39 is 0 Å². The Kier molecular flexibility index (Phi) is 2.97.